The van der Waals surface area contributed by atoms with Crippen LogP contribution in [-0.2, 0) is 7.05 Å². The van der Waals surface area contributed by atoms with E-state index in [0.717, 1.165) is 0 Å². The average molecular weight is 426 g/mol. The van der Waals surface area contributed by atoms with Crippen molar-refractivity contribution in [1.82, 2.24) is 4.57 Å². The van der Waals surface area contributed by atoms with E-state index in [4.69, 9.17) is 0 Å². The molecule has 0 saturated heterocycles. The second-order valence-electron chi connectivity index (χ2n) is 9.24. The van der Waals surface area contributed by atoms with Gasteiger partial charge in [-0.05, 0) is 39.6 Å². The van der Waals surface area contributed by atoms with E-state index in [1.807, 2.05) is 0 Å². The molecule has 0 atom stereocenters. The van der Waals surface area contributed by atoms with Crippen LogP contribution in [0.4, 0.5) is 0 Å². The quantitative estimate of drug-likeness (QED) is 0.267. The van der Waals surface area contributed by atoms with E-state index in [-0.39, 0.29) is 0 Å². The zero-order chi connectivity index (χ0) is 22.5. The Morgan fingerprint density at radius 1 is 0.576 bits per heavy atom. The van der Waals surface area contributed by atoms with Crippen LogP contribution in [0, 0.1) is 0 Å². The van der Waals surface area contributed by atoms with Crippen molar-refractivity contribution < 1.29 is 0 Å². The van der Waals surface area contributed by atoms with Gasteiger partial charge in [-0.2, -0.15) is 0 Å². The first-order valence-corrected chi connectivity index (χ1v) is 11.7. The summed E-state index contributed by atoms with van der Waals surface area (Å²) in [5.74, 6) is 0.474. The molecule has 1 heteroatoms. The minimum atomic E-state index is 0.474. The van der Waals surface area contributed by atoms with Crippen molar-refractivity contribution in [2.45, 2.75) is 19.8 Å². The number of para-hydroxylation sites is 1. The molecule has 160 valence electrons. The second kappa shape index (κ2) is 7.64. The molecule has 0 spiro atoms. The van der Waals surface area contributed by atoms with Gasteiger partial charge in [0.15, 0.2) is 0 Å². The number of aromatic nitrogens is 1. The third kappa shape index (κ3) is 3.00. The maximum Gasteiger partial charge on any atom is 0.0575 e. The summed E-state index contributed by atoms with van der Waals surface area (Å²) in [4.78, 5) is 0. The molecule has 0 aliphatic rings. The summed E-state index contributed by atoms with van der Waals surface area (Å²) in [5.41, 5.74) is 9.11. The molecule has 1 heterocycles. The highest BCUT2D eigenvalue weighted by Gasteiger charge is 2.22. The van der Waals surface area contributed by atoms with Crippen molar-refractivity contribution in [1.29, 1.82) is 0 Å². The fraction of sp³-hybridized carbons (Fsp3) is 0.125. The third-order valence-corrected chi connectivity index (χ3v) is 6.97. The van der Waals surface area contributed by atoms with Crippen molar-refractivity contribution in [2.75, 3.05) is 0 Å². The zero-order valence-corrected chi connectivity index (χ0v) is 19.3. The zero-order valence-electron chi connectivity index (χ0n) is 19.3. The van der Waals surface area contributed by atoms with Crippen LogP contribution in [0.15, 0.2) is 103 Å². The van der Waals surface area contributed by atoms with Crippen LogP contribution < -0.4 is 0 Å². The molecule has 0 aliphatic carbocycles. The average Bonchev–Trinajstić information content (AvgIpc) is 3.16. The number of aryl methyl sites for hydroxylation is 1. The summed E-state index contributed by atoms with van der Waals surface area (Å²) in [6.07, 6.45) is 0. The van der Waals surface area contributed by atoms with Crippen LogP contribution in [0.1, 0.15) is 25.3 Å². The monoisotopic (exact) mass is 425 g/mol. The molecule has 0 bridgehead atoms. The van der Waals surface area contributed by atoms with Gasteiger partial charge in [0.25, 0.3) is 0 Å². The first-order valence-electron chi connectivity index (χ1n) is 11.7. The van der Waals surface area contributed by atoms with E-state index in [9.17, 15) is 0 Å². The van der Waals surface area contributed by atoms with Crippen LogP contribution in [0.3, 0.4) is 0 Å². The summed E-state index contributed by atoms with van der Waals surface area (Å²) in [6.45, 7) is 4.55. The van der Waals surface area contributed by atoms with Crippen LogP contribution in [0.2, 0.25) is 0 Å². The molecule has 5 aromatic carbocycles. The Labute approximate surface area is 194 Å². The highest BCUT2D eigenvalue weighted by atomic mass is 14.9. The summed E-state index contributed by atoms with van der Waals surface area (Å²) in [5, 5.41) is 5.28. The van der Waals surface area contributed by atoms with E-state index in [0.29, 0.717) is 5.92 Å². The standard InChI is InChI=1S/C32H27N/c1-21(2)24-18-19-25-27(20-24)29(22-12-6-4-7-13-22)30(23-14-8-5-9-15-23)31-26-16-10-11-17-28(26)33(3)32(25)31/h4-21H,1-3H3. The number of nitrogens with zero attached hydrogens (tertiary/aromatic N) is 1. The second-order valence-corrected chi connectivity index (χ2v) is 9.24. The highest BCUT2D eigenvalue weighted by molar-refractivity contribution is 6.28. The van der Waals surface area contributed by atoms with Gasteiger partial charge < -0.3 is 4.57 Å². The van der Waals surface area contributed by atoms with Crippen molar-refractivity contribution in [3.8, 4) is 22.3 Å². The van der Waals surface area contributed by atoms with E-state index in [1.54, 1.807) is 0 Å². The number of fused-ring (bicyclic) bond motifs is 5. The van der Waals surface area contributed by atoms with Gasteiger partial charge in [0.05, 0.1) is 5.52 Å². The normalized spacial score (nSPS) is 11.8. The summed E-state index contributed by atoms with van der Waals surface area (Å²) >= 11 is 0. The summed E-state index contributed by atoms with van der Waals surface area (Å²) < 4.78 is 2.38. The lowest BCUT2D eigenvalue weighted by Crippen LogP contribution is -1.95. The van der Waals surface area contributed by atoms with E-state index in [2.05, 4.69) is 129 Å². The van der Waals surface area contributed by atoms with Gasteiger partial charge in [0.1, 0.15) is 0 Å². The topological polar surface area (TPSA) is 4.93 Å². The van der Waals surface area contributed by atoms with Crippen LogP contribution in [0.25, 0.3) is 54.8 Å². The number of rotatable bonds is 3. The Morgan fingerprint density at radius 3 is 1.85 bits per heavy atom. The van der Waals surface area contributed by atoms with E-state index >= 15 is 0 Å². The van der Waals surface area contributed by atoms with Gasteiger partial charge in [0.2, 0.25) is 0 Å². The van der Waals surface area contributed by atoms with Crippen LogP contribution >= 0.6 is 0 Å². The first kappa shape index (κ1) is 19.8. The lowest BCUT2D eigenvalue weighted by Gasteiger charge is -2.19. The highest BCUT2D eigenvalue weighted by Crippen LogP contribution is 2.48. The molecule has 0 radical (unpaired) electrons. The molecule has 0 saturated carbocycles. The Kier molecular flexibility index (Phi) is 4.58. The van der Waals surface area contributed by atoms with Gasteiger partial charge >= 0.3 is 0 Å². The van der Waals surface area contributed by atoms with Gasteiger partial charge in [-0.25, -0.2) is 0 Å². The molecule has 0 N–H and O–H groups in total. The number of hydrogen-bond acceptors (Lipinski definition) is 0. The van der Waals surface area contributed by atoms with Crippen LogP contribution in [0.5, 0.6) is 0 Å². The van der Waals surface area contributed by atoms with Crippen molar-refractivity contribution >= 4 is 32.6 Å². The summed E-state index contributed by atoms with van der Waals surface area (Å²) in [7, 11) is 2.21. The molecule has 6 rings (SSSR count). The Morgan fingerprint density at radius 2 is 1.18 bits per heavy atom. The van der Waals surface area contributed by atoms with Crippen LogP contribution in [-0.4, -0.2) is 4.57 Å². The molecular formula is C32H27N. The minimum Gasteiger partial charge on any atom is -0.343 e. The molecule has 1 nitrogen and oxygen atoms in total. The van der Waals surface area contributed by atoms with E-state index < -0.39 is 0 Å². The van der Waals surface area contributed by atoms with Gasteiger partial charge in [0, 0.05) is 34.3 Å². The molecule has 0 fully saturated rings. The maximum absolute atomic E-state index is 2.42. The molecule has 1 aromatic heterocycles. The largest absolute Gasteiger partial charge is 0.343 e. The predicted octanol–water partition coefficient (Wildman–Crippen LogP) is 8.94. The lowest BCUT2D eigenvalue weighted by atomic mass is 9.85. The maximum atomic E-state index is 2.42. The van der Waals surface area contributed by atoms with Crippen molar-refractivity contribution in [3.05, 3.63) is 109 Å². The van der Waals surface area contributed by atoms with Gasteiger partial charge in [-0.1, -0.05) is 111 Å². The van der Waals surface area contributed by atoms with Crippen molar-refractivity contribution in [2.24, 2.45) is 7.05 Å². The lowest BCUT2D eigenvalue weighted by molar-refractivity contribution is 0.869. The van der Waals surface area contributed by atoms with Gasteiger partial charge in [-0.15, -0.1) is 0 Å². The number of hydrogen-bond donors (Lipinski definition) is 0. The molecule has 0 aliphatic heterocycles. The molecule has 0 amide bonds. The third-order valence-electron chi connectivity index (χ3n) is 6.97. The SMILES string of the molecule is CC(C)c1ccc2c(c1)c(-c1ccccc1)c(-c1ccccc1)c1c3ccccc3n(C)c21. The Hall–Kier alpha value is -3.84. The Bertz CT molecular complexity index is 1620. The smallest absolute Gasteiger partial charge is 0.0575 e. The van der Waals surface area contributed by atoms with Crippen molar-refractivity contribution in [3.63, 3.8) is 0 Å². The predicted molar refractivity (Wildman–Crippen MR) is 143 cm³/mol. The molecule has 6 aromatic rings. The Balaban J connectivity index is 1.95. The van der Waals surface area contributed by atoms with E-state index in [1.165, 1.54) is 60.4 Å². The number of benzene rings is 5. The first-order chi connectivity index (χ1) is 16.1. The fourth-order valence-corrected chi connectivity index (χ4v) is 5.35. The molecule has 33 heavy (non-hydrogen) atoms. The molecule has 0 unspecified atom stereocenters. The fourth-order valence-electron chi connectivity index (χ4n) is 5.35. The summed E-state index contributed by atoms with van der Waals surface area (Å²) in [6, 6.07) is 37.7. The minimum absolute atomic E-state index is 0.474. The molecular weight excluding hydrogens is 398 g/mol. The van der Waals surface area contributed by atoms with Gasteiger partial charge in [-0.3, -0.25) is 0 Å².